The Morgan fingerprint density at radius 1 is 1.18 bits per heavy atom. The quantitative estimate of drug-likeness (QED) is 0.619. The van der Waals surface area contributed by atoms with Crippen LogP contribution in [0, 0.1) is 10.1 Å². The molecule has 6 heteroatoms. The third-order valence-corrected chi connectivity index (χ3v) is 5.03. The fraction of sp³-hybridized carbons (Fsp3) is 0.625. The normalized spacial score (nSPS) is 21.1. The summed E-state index contributed by atoms with van der Waals surface area (Å²) in [6, 6.07) is 5.16. The number of rotatable bonds is 4. The van der Waals surface area contributed by atoms with Crippen LogP contribution in [-0.4, -0.2) is 35.1 Å². The van der Waals surface area contributed by atoms with Crippen LogP contribution in [0.4, 0.5) is 5.69 Å². The smallest absolute Gasteiger partial charge is 0.271 e. The van der Waals surface area contributed by atoms with Gasteiger partial charge in [0.05, 0.1) is 9.95 Å². The van der Waals surface area contributed by atoms with Crippen LogP contribution in [0.25, 0.3) is 0 Å². The Morgan fingerprint density at radius 3 is 2.45 bits per heavy atom. The van der Waals surface area contributed by atoms with E-state index in [0.717, 1.165) is 32.0 Å². The zero-order valence-corrected chi connectivity index (χ0v) is 13.3. The molecule has 1 saturated carbocycles. The van der Waals surface area contributed by atoms with E-state index in [2.05, 4.69) is 4.90 Å². The molecule has 0 aromatic heterocycles. The Bertz CT molecular complexity index is 538. The lowest BCUT2D eigenvalue weighted by Crippen LogP contribution is -2.43. The molecule has 0 atom stereocenters. The Kier molecular flexibility index (Phi) is 4.84. The summed E-state index contributed by atoms with van der Waals surface area (Å²) in [7, 11) is 0. The molecule has 3 rings (SSSR count). The standard InChI is InChI=1S/C16H21ClN2O3/c17-15-11-13(19(20)21)5-6-16(15)22-14-7-9-18(10-8-14)12-3-1-2-4-12/h5-6,11-12,14H,1-4,7-10H2. The highest BCUT2D eigenvalue weighted by Gasteiger charge is 2.28. The van der Waals surface area contributed by atoms with E-state index < -0.39 is 4.92 Å². The summed E-state index contributed by atoms with van der Waals surface area (Å²) < 4.78 is 5.95. The van der Waals surface area contributed by atoms with Crippen molar-refractivity contribution in [3.8, 4) is 5.75 Å². The predicted octanol–water partition coefficient (Wildman–Crippen LogP) is 4.03. The SMILES string of the molecule is O=[N+]([O-])c1ccc(OC2CCN(C3CCCC3)CC2)c(Cl)c1. The van der Waals surface area contributed by atoms with Crippen LogP contribution in [0.1, 0.15) is 38.5 Å². The van der Waals surface area contributed by atoms with Gasteiger partial charge in [0.25, 0.3) is 5.69 Å². The molecule has 1 aliphatic heterocycles. The van der Waals surface area contributed by atoms with Crippen LogP contribution < -0.4 is 4.74 Å². The van der Waals surface area contributed by atoms with Gasteiger partial charge in [-0.25, -0.2) is 0 Å². The second kappa shape index (κ2) is 6.84. The van der Waals surface area contributed by atoms with Crippen molar-refractivity contribution >= 4 is 17.3 Å². The number of ether oxygens (including phenoxy) is 1. The van der Waals surface area contributed by atoms with Crippen LogP contribution >= 0.6 is 11.6 Å². The number of likely N-dealkylation sites (tertiary alicyclic amines) is 1. The molecule has 1 heterocycles. The fourth-order valence-electron chi connectivity index (χ4n) is 3.51. The molecule has 2 fully saturated rings. The molecule has 0 radical (unpaired) electrons. The molecule has 120 valence electrons. The van der Waals surface area contributed by atoms with Crippen molar-refractivity contribution in [3.05, 3.63) is 33.3 Å². The number of benzene rings is 1. The maximum Gasteiger partial charge on any atom is 0.271 e. The zero-order chi connectivity index (χ0) is 15.5. The van der Waals surface area contributed by atoms with Crippen molar-refractivity contribution in [1.82, 2.24) is 4.90 Å². The van der Waals surface area contributed by atoms with Gasteiger partial charge in [0.15, 0.2) is 0 Å². The van der Waals surface area contributed by atoms with E-state index in [9.17, 15) is 10.1 Å². The molecule has 1 saturated heterocycles. The lowest BCUT2D eigenvalue weighted by molar-refractivity contribution is -0.384. The van der Waals surface area contributed by atoms with Crippen molar-refractivity contribution < 1.29 is 9.66 Å². The van der Waals surface area contributed by atoms with Crippen molar-refractivity contribution in [2.45, 2.75) is 50.7 Å². The first-order chi connectivity index (χ1) is 10.6. The molecule has 0 bridgehead atoms. The average molecular weight is 325 g/mol. The van der Waals surface area contributed by atoms with Crippen molar-refractivity contribution in [1.29, 1.82) is 0 Å². The number of piperidine rings is 1. The Morgan fingerprint density at radius 2 is 1.86 bits per heavy atom. The van der Waals surface area contributed by atoms with Gasteiger partial charge < -0.3 is 9.64 Å². The summed E-state index contributed by atoms with van der Waals surface area (Å²) in [6.45, 7) is 2.14. The van der Waals surface area contributed by atoms with Crippen LogP contribution in [-0.2, 0) is 0 Å². The van der Waals surface area contributed by atoms with Crippen LogP contribution in [0.5, 0.6) is 5.75 Å². The molecule has 1 aliphatic carbocycles. The van der Waals surface area contributed by atoms with Crippen LogP contribution in [0.15, 0.2) is 18.2 Å². The summed E-state index contributed by atoms with van der Waals surface area (Å²) in [6.07, 6.45) is 7.52. The topological polar surface area (TPSA) is 55.6 Å². The fourth-order valence-corrected chi connectivity index (χ4v) is 3.73. The van der Waals surface area contributed by atoms with E-state index in [1.807, 2.05) is 0 Å². The maximum absolute atomic E-state index is 10.7. The first-order valence-electron chi connectivity index (χ1n) is 7.98. The highest BCUT2D eigenvalue weighted by Crippen LogP contribution is 2.32. The van der Waals surface area contributed by atoms with E-state index in [1.165, 1.54) is 37.8 Å². The lowest BCUT2D eigenvalue weighted by Gasteiger charge is -2.36. The predicted molar refractivity (Wildman–Crippen MR) is 85.6 cm³/mol. The number of hydrogen-bond donors (Lipinski definition) is 0. The van der Waals surface area contributed by atoms with E-state index in [0.29, 0.717) is 10.8 Å². The number of nitro groups is 1. The molecule has 1 aromatic carbocycles. The summed E-state index contributed by atoms with van der Waals surface area (Å²) >= 11 is 6.09. The van der Waals surface area contributed by atoms with Crippen molar-refractivity contribution in [3.63, 3.8) is 0 Å². The summed E-state index contributed by atoms with van der Waals surface area (Å²) in [5.41, 5.74) is -0.00611. The Hall–Kier alpha value is -1.33. The first kappa shape index (κ1) is 15.6. The lowest BCUT2D eigenvalue weighted by atomic mass is 10.0. The van der Waals surface area contributed by atoms with Crippen LogP contribution in [0.2, 0.25) is 5.02 Å². The minimum Gasteiger partial charge on any atom is -0.489 e. The van der Waals surface area contributed by atoms with Gasteiger partial charge in [-0.15, -0.1) is 0 Å². The number of hydrogen-bond acceptors (Lipinski definition) is 4. The van der Waals surface area contributed by atoms with Gasteiger partial charge in [0.1, 0.15) is 11.9 Å². The minimum absolute atomic E-state index is 0.00611. The largest absolute Gasteiger partial charge is 0.489 e. The third kappa shape index (κ3) is 3.52. The molecule has 0 spiro atoms. The highest BCUT2D eigenvalue weighted by molar-refractivity contribution is 6.32. The first-order valence-corrected chi connectivity index (χ1v) is 8.36. The van der Waals surface area contributed by atoms with Gasteiger partial charge in [-0.1, -0.05) is 24.4 Å². The number of halogens is 1. The van der Waals surface area contributed by atoms with Crippen molar-refractivity contribution in [2.75, 3.05) is 13.1 Å². The van der Waals surface area contributed by atoms with Gasteiger partial charge in [0, 0.05) is 31.3 Å². The second-order valence-electron chi connectivity index (χ2n) is 6.16. The molecule has 0 amide bonds. The molecule has 2 aliphatic rings. The van der Waals surface area contributed by atoms with E-state index >= 15 is 0 Å². The van der Waals surface area contributed by atoms with Gasteiger partial charge in [0.2, 0.25) is 0 Å². The van der Waals surface area contributed by atoms with Gasteiger partial charge in [-0.05, 0) is 31.7 Å². The highest BCUT2D eigenvalue weighted by atomic mass is 35.5. The summed E-state index contributed by atoms with van der Waals surface area (Å²) in [5.74, 6) is 0.548. The molecule has 22 heavy (non-hydrogen) atoms. The van der Waals surface area contributed by atoms with E-state index in [4.69, 9.17) is 16.3 Å². The Labute approximate surface area is 135 Å². The number of non-ortho nitro benzene ring substituents is 1. The monoisotopic (exact) mass is 324 g/mol. The number of nitrogens with zero attached hydrogens (tertiary/aromatic N) is 2. The van der Waals surface area contributed by atoms with Gasteiger partial charge in [-0.2, -0.15) is 0 Å². The molecular weight excluding hydrogens is 304 g/mol. The van der Waals surface area contributed by atoms with Crippen LogP contribution in [0.3, 0.4) is 0 Å². The molecular formula is C16H21ClN2O3. The molecule has 5 nitrogen and oxygen atoms in total. The summed E-state index contributed by atoms with van der Waals surface area (Å²) in [4.78, 5) is 12.9. The number of nitro benzene ring substituents is 1. The third-order valence-electron chi connectivity index (χ3n) is 4.74. The average Bonchev–Trinajstić information content (AvgIpc) is 3.04. The van der Waals surface area contributed by atoms with Gasteiger partial charge in [-0.3, -0.25) is 10.1 Å². The Balaban J connectivity index is 1.55. The molecule has 0 unspecified atom stereocenters. The second-order valence-corrected chi connectivity index (χ2v) is 6.57. The molecule has 1 aromatic rings. The maximum atomic E-state index is 10.7. The van der Waals surface area contributed by atoms with E-state index in [1.54, 1.807) is 6.07 Å². The van der Waals surface area contributed by atoms with E-state index in [-0.39, 0.29) is 11.8 Å². The summed E-state index contributed by atoms with van der Waals surface area (Å²) in [5, 5.41) is 11.0. The minimum atomic E-state index is -0.449. The van der Waals surface area contributed by atoms with Gasteiger partial charge >= 0.3 is 0 Å². The zero-order valence-electron chi connectivity index (χ0n) is 12.5. The molecule has 0 N–H and O–H groups in total. The van der Waals surface area contributed by atoms with Crippen molar-refractivity contribution in [2.24, 2.45) is 0 Å².